The summed E-state index contributed by atoms with van der Waals surface area (Å²) < 4.78 is 4.93. The van der Waals surface area contributed by atoms with E-state index in [4.69, 9.17) is 4.74 Å². The zero-order chi connectivity index (χ0) is 12.4. The predicted molar refractivity (Wildman–Crippen MR) is 60.6 cm³/mol. The number of pyridine rings is 1. The smallest absolute Gasteiger partial charge is 0.251 e. The van der Waals surface area contributed by atoms with Crippen LogP contribution in [0.4, 0.5) is 5.69 Å². The van der Waals surface area contributed by atoms with Gasteiger partial charge in [-0.3, -0.25) is 14.5 Å². The number of imide groups is 1. The Morgan fingerprint density at radius 3 is 2.71 bits per heavy atom. The first-order chi connectivity index (χ1) is 8.11. The Morgan fingerprint density at radius 1 is 1.47 bits per heavy atom. The maximum Gasteiger partial charge on any atom is 0.251 e. The maximum atomic E-state index is 11.6. The average Bonchev–Trinajstić information content (AvgIpc) is 2.58. The summed E-state index contributed by atoms with van der Waals surface area (Å²) in [5.41, 5.74) is 0.687. The van der Waals surface area contributed by atoms with Gasteiger partial charge in [-0.25, -0.2) is 4.98 Å². The fourth-order valence-corrected chi connectivity index (χ4v) is 1.66. The lowest BCUT2D eigenvalue weighted by atomic mass is 10.2. The summed E-state index contributed by atoms with van der Waals surface area (Å²) in [7, 11) is 3.02. The number of nitrogens with zero attached hydrogens (tertiary/aromatic N) is 2. The second-order valence-corrected chi connectivity index (χ2v) is 3.78. The van der Waals surface area contributed by atoms with Crippen molar-refractivity contribution in [2.75, 3.05) is 19.5 Å². The van der Waals surface area contributed by atoms with Crippen LogP contribution in [-0.2, 0) is 9.59 Å². The molecule has 1 atom stereocenters. The van der Waals surface area contributed by atoms with E-state index in [0.717, 1.165) is 4.90 Å². The number of ether oxygens (including phenoxy) is 1. The number of methoxy groups -OCH3 is 1. The second kappa shape index (κ2) is 4.40. The van der Waals surface area contributed by atoms with Gasteiger partial charge in [0.05, 0.1) is 25.4 Å². The Balaban J connectivity index is 2.06. The molecular formula is C11H13N3O3. The molecule has 1 N–H and O–H groups in total. The fourth-order valence-electron chi connectivity index (χ4n) is 1.66. The highest BCUT2D eigenvalue weighted by atomic mass is 16.5. The van der Waals surface area contributed by atoms with Gasteiger partial charge in [-0.2, -0.15) is 0 Å². The molecule has 1 fully saturated rings. The summed E-state index contributed by atoms with van der Waals surface area (Å²) in [4.78, 5) is 28.1. The molecule has 90 valence electrons. The lowest BCUT2D eigenvalue weighted by Crippen LogP contribution is -2.31. The van der Waals surface area contributed by atoms with E-state index >= 15 is 0 Å². The van der Waals surface area contributed by atoms with E-state index in [1.165, 1.54) is 14.2 Å². The molecule has 1 unspecified atom stereocenters. The Bertz CT molecular complexity index is 444. The van der Waals surface area contributed by atoms with Gasteiger partial charge in [0.15, 0.2) is 0 Å². The number of carbonyl (C=O) groups excluding carboxylic acids is 2. The van der Waals surface area contributed by atoms with Crippen LogP contribution in [0.2, 0.25) is 0 Å². The van der Waals surface area contributed by atoms with Gasteiger partial charge in [0, 0.05) is 13.1 Å². The third kappa shape index (κ3) is 2.20. The van der Waals surface area contributed by atoms with E-state index in [9.17, 15) is 9.59 Å². The van der Waals surface area contributed by atoms with E-state index in [1.54, 1.807) is 18.3 Å². The van der Waals surface area contributed by atoms with Gasteiger partial charge in [0.2, 0.25) is 11.8 Å². The summed E-state index contributed by atoms with van der Waals surface area (Å²) in [5, 5.41) is 2.97. The van der Waals surface area contributed by atoms with Crippen LogP contribution in [0.1, 0.15) is 6.42 Å². The molecule has 0 bridgehead atoms. The van der Waals surface area contributed by atoms with Gasteiger partial charge in [-0.15, -0.1) is 0 Å². The van der Waals surface area contributed by atoms with Crippen molar-refractivity contribution in [3.63, 3.8) is 0 Å². The molecule has 2 heterocycles. The number of amides is 2. The molecule has 1 aliphatic heterocycles. The molecule has 17 heavy (non-hydrogen) atoms. The lowest BCUT2D eigenvalue weighted by molar-refractivity contribution is -0.136. The molecule has 0 aromatic carbocycles. The van der Waals surface area contributed by atoms with Crippen LogP contribution in [0.25, 0.3) is 0 Å². The average molecular weight is 235 g/mol. The number of likely N-dealkylation sites (N-methyl/N-ethyl adjacent to an activating group) is 1. The summed E-state index contributed by atoms with van der Waals surface area (Å²) in [6, 6.07) is 2.94. The summed E-state index contributed by atoms with van der Waals surface area (Å²) in [5.74, 6) is 0.112. The molecule has 2 rings (SSSR count). The summed E-state index contributed by atoms with van der Waals surface area (Å²) in [6.45, 7) is 0. The molecule has 2 amide bonds. The topological polar surface area (TPSA) is 71.5 Å². The number of hydrogen-bond donors (Lipinski definition) is 1. The zero-order valence-electron chi connectivity index (χ0n) is 9.64. The number of hydrogen-bond acceptors (Lipinski definition) is 5. The SMILES string of the molecule is COc1ccc(NC2CC(=O)N(C)C2=O)cn1. The van der Waals surface area contributed by atoms with Crippen LogP contribution in [0.15, 0.2) is 18.3 Å². The van der Waals surface area contributed by atoms with E-state index in [1.807, 2.05) is 0 Å². The number of carbonyl (C=O) groups is 2. The molecule has 1 aromatic rings. The van der Waals surface area contributed by atoms with Crippen LogP contribution in [0.5, 0.6) is 5.88 Å². The largest absolute Gasteiger partial charge is 0.481 e. The maximum absolute atomic E-state index is 11.6. The van der Waals surface area contributed by atoms with Gasteiger partial charge in [0.1, 0.15) is 6.04 Å². The molecule has 1 aliphatic rings. The molecule has 0 spiro atoms. The first kappa shape index (κ1) is 11.4. The third-order valence-electron chi connectivity index (χ3n) is 2.67. The third-order valence-corrected chi connectivity index (χ3v) is 2.67. The normalized spacial score (nSPS) is 19.6. The first-order valence-electron chi connectivity index (χ1n) is 5.19. The van der Waals surface area contributed by atoms with Gasteiger partial charge < -0.3 is 10.1 Å². The van der Waals surface area contributed by atoms with Crippen LogP contribution < -0.4 is 10.1 Å². The highest BCUT2D eigenvalue weighted by molar-refractivity contribution is 6.06. The van der Waals surface area contributed by atoms with Crippen LogP contribution >= 0.6 is 0 Å². The highest BCUT2D eigenvalue weighted by Gasteiger charge is 2.35. The fraction of sp³-hybridized carbons (Fsp3) is 0.364. The van der Waals surface area contributed by atoms with Gasteiger partial charge in [-0.05, 0) is 6.07 Å². The van der Waals surface area contributed by atoms with E-state index in [-0.39, 0.29) is 18.2 Å². The second-order valence-electron chi connectivity index (χ2n) is 3.78. The molecule has 0 aliphatic carbocycles. The van der Waals surface area contributed by atoms with Crippen molar-refractivity contribution >= 4 is 17.5 Å². The van der Waals surface area contributed by atoms with Crippen molar-refractivity contribution in [1.29, 1.82) is 0 Å². The molecule has 1 aromatic heterocycles. The lowest BCUT2D eigenvalue weighted by Gasteiger charge is -2.12. The molecule has 0 radical (unpaired) electrons. The van der Waals surface area contributed by atoms with Crippen molar-refractivity contribution in [3.05, 3.63) is 18.3 Å². The summed E-state index contributed by atoms with van der Waals surface area (Å²) >= 11 is 0. The van der Waals surface area contributed by atoms with E-state index in [2.05, 4.69) is 10.3 Å². The number of nitrogens with one attached hydrogen (secondary N) is 1. The van der Waals surface area contributed by atoms with Gasteiger partial charge in [0.25, 0.3) is 5.91 Å². The number of rotatable bonds is 3. The standard InChI is InChI=1S/C11H13N3O3/c1-14-10(15)5-8(11(14)16)13-7-3-4-9(17-2)12-6-7/h3-4,6,8,13H,5H2,1-2H3. The van der Waals surface area contributed by atoms with Gasteiger partial charge in [-0.1, -0.05) is 0 Å². The van der Waals surface area contributed by atoms with E-state index in [0.29, 0.717) is 11.6 Å². The van der Waals surface area contributed by atoms with Crippen molar-refractivity contribution in [2.45, 2.75) is 12.5 Å². The van der Waals surface area contributed by atoms with Crippen molar-refractivity contribution in [2.24, 2.45) is 0 Å². The quantitative estimate of drug-likeness (QED) is 0.761. The number of aromatic nitrogens is 1. The van der Waals surface area contributed by atoms with Crippen LogP contribution in [-0.4, -0.2) is 41.9 Å². The Morgan fingerprint density at radius 2 is 2.24 bits per heavy atom. The molecule has 1 saturated heterocycles. The van der Waals surface area contributed by atoms with E-state index < -0.39 is 6.04 Å². The number of anilines is 1. The monoisotopic (exact) mass is 235 g/mol. The molecule has 6 heteroatoms. The van der Waals surface area contributed by atoms with Crippen LogP contribution in [0.3, 0.4) is 0 Å². The first-order valence-corrected chi connectivity index (χ1v) is 5.19. The minimum absolute atomic E-state index is 0.172. The molecular weight excluding hydrogens is 222 g/mol. The van der Waals surface area contributed by atoms with Crippen molar-refractivity contribution < 1.29 is 14.3 Å². The zero-order valence-corrected chi connectivity index (χ0v) is 9.64. The van der Waals surface area contributed by atoms with Crippen LogP contribution in [0, 0.1) is 0 Å². The number of likely N-dealkylation sites (tertiary alicyclic amines) is 1. The predicted octanol–water partition coefficient (Wildman–Crippen LogP) is 0.259. The summed E-state index contributed by atoms with van der Waals surface area (Å²) in [6.07, 6.45) is 1.75. The Hall–Kier alpha value is -2.11. The van der Waals surface area contributed by atoms with Crippen molar-refractivity contribution in [3.8, 4) is 5.88 Å². The Labute approximate surface area is 98.6 Å². The highest BCUT2D eigenvalue weighted by Crippen LogP contribution is 2.17. The van der Waals surface area contributed by atoms with Crippen molar-refractivity contribution in [1.82, 2.24) is 9.88 Å². The van der Waals surface area contributed by atoms with Gasteiger partial charge >= 0.3 is 0 Å². The molecule has 6 nitrogen and oxygen atoms in total. The Kier molecular flexibility index (Phi) is 2.95. The minimum atomic E-state index is -0.498. The molecule has 0 saturated carbocycles. The minimum Gasteiger partial charge on any atom is -0.481 e.